The van der Waals surface area contributed by atoms with Crippen LogP contribution in [0.2, 0.25) is 0 Å². The maximum absolute atomic E-state index is 5.50. The molecule has 5 heteroatoms. The van der Waals surface area contributed by atoms with Gasteiger partial charge >= 0.3 is 0 Å². The molecule has 0 radical (unpaired) electrons. The first-order valence-corrected chi connectivity index (χ1v) is 12.2. The lowest BCUT2D eigenvalue weighted by Gasteiger charge is -2.24. The first-order chi connectivity index (χ1) is 17.0. The average Bonchev–Trinajstić information content (AvgIpc) is 2.87. The van der Waals surface area contributed by atoms with Crippen LogP contribution in [0.1, 0.15) is 33.7 Å². The zero-order valence-corrected chi connectivity index (χ0v) is 21.5. The molecule has 0 fully saturated rings. The lowest BCUT2D eigenvalue weighted by atomic mass is 9.81. The van der Waals surface area contributed by atoms with Crippen LogP contribution in [-0.4, -0.2) is 19.2 Å². The Kier molecular flexibility index (Phi) is 7.68. The van der Waals surface area contributed by atoms with E-state index in [1.165, 1.54) is 27.8 Å². The van der Waals surface area contributed by atoms with Crippen LogP contribution in [0.25, 0.3) is 0 Å². The fourth-order valence-corrected chi connectivity index (χ4v) is 4.65. The first-order valence-electron chi connectivity index (χ1n) is 11.8. The van der Waals surface area contributed by atoms with Crippen molar-refractivity contribution in [2.75, 3.05) is 35.4 Å². The summed E-state index contributed by atoms with van der Waals surface area (Å²) < 4.78 is 0. The predicted octanol–water partition coefficient (Wildman–Crippen LogP) is 7.38. The van der Waals surface area contributed by atoms with Crippen molar-refractivity contribution in [2.45, 2.75) is 19.8 Å². The Morgan fingerprint density at radius 3 is 1.51 bits per heavy atom. The molecule has 0 saturated carbocycles. The third-order valence-electron chi connectivity index (χ3n) is 6.27. The zero-order valence-electron chi connectivity index (χ0n) is 20.6. The number of hydrogen-bond acceptors (Lipinski definition) is 3. The topological polar surface area (TPSA) is 48.1 Å². The van der Waals surface area contributed by atoms with Gasteiger partial charge in [0.1, 0.15) is 0 Å². The molecular weight excluding hydrogens is 448 g/mol. The molecule has 0 aromatic heterocycles. The van der Waals surface area contributed by atoms with Gasteiger partial charge in [0.25, 0.3) is 0 Å². The summed E-state index contributed by atoms with van der Waals surface area (Å²) in [6, 6.07) is 31.7. The molecule has 4 nitrogen and oxygen atoms in total. The van der Waals surface area contributed by atoms with Crippen LogP contribution >= 0.6 is 12.2 Å². The minimum absolute atomic E-state index is 0.121. The second-order valence-electron chi connectivity index (χ2n) is 8.64. The van der Waals surface area contributed by atoms with Gasteiger partial charge in [0.05, 0.1) is 0 Å². The second kappa shape index (κ2) is 11.1. The largest absolute Gasteiger partial charge is 0.388 e. The van der Waals surface area contributed by atoms with Crippen molar-refractivity contribution >= 4 is 40.1 Å². The van der Waals surface area contributed by atoms with Crippen LogP contribution in [0.15, 0.2) is 91.0 Å². The van der Waals surface area contributed by atoms with Gasteiger partial charge < -0.3 is 21.3 Å². The summed E-state index contributed by atoms with van der Waals surface area (Å²) in [4.78, 5) is 0. The van der Waals surface area contributed by atoms with E-state index >= 15 is 0 Å². The lowest BCUT2D eigenvalue weighted by Crippen LogP contribution is -2.19. The highest BCUT2D eigenvalue weighted by Gasteiger charge is 2.21. The molecule has 0 unspecified atom stereocenters. The van der Waals surface area contributed by atoms with Crippen LogP contribution < -0.4 is 21.3 Å². The van der Waals surface area contributed by atoms with Gasteiger partial charge in [-0.05, 0) is 102 Å². The van der Waals surface area contributed by atoms with Crippen LogP contribution in [-0.2, 0) is 0 Å². The summed E-state index contributed by atoms with van der Waals surface area (Å²) in [5.41, 5.74) is 10.5. The highest BCUT2D eigenvalue weighted by Crippen LogP contribution is 2.37. The molecule has 0 atom stereocenters. The summed E-state index contributed by atoms with van der Waals surface area (Å²) in [7, 11) is 3.91. The molecule has 35 heavy (non-hydrogen) atoms. The molecule has 0 saturated heterocycles. The number of aryl methyl sites for hydroxylation is 2. The van der Waals surface area contributed by atoms with E-state index in [-0.39, 0.29) is 5.92 Å². The van der Waals surface area contributed by atoms with Crippen LogP contribution in [0, 0.1) is 13.8 Å². The van der Waals surface area contributed by atoms with Gasteiger partial charge in [-0.1, -0.05) is 42.5 Å². The molecule has 4 N–H and O–H groups in total. The molecule has 0 aliphatic carbocycles. The number of hydrogen-bond donors (Lipinski definition) is 4. The molecule has 4 aromatic carbocycles. The van der Waals surface area contributed by atoms with Crippen molar-refractivity contribution in [3.63, 3.8) is 0 Å². The Morgan fingerprint density at radius 2 is 1.06 bits per heavy atom. The maximum Gasteiger partial charge on any atom is 0.175 e. The number of thiocarbonyl (C=S) groups is 1. The number of rotatable bonds is 7. The van der Waals surface area contributed by atoms with E-state index in [9.17, 15) is 0 Å². The average molecular weight is 481 g/mol. The van der Waals surface area contributed by atoms with Gasteiger partial charge in [0.2, 0.25) is 0 Å². The number of para-hydroxylation sites is 1. The van der Waals surface area contributed by atoms with Crippen molar-refractivity contribution in [2.24, 2.45) is 0 Å². The van der Waals surface area contributed by atoms with Gasteiger partial charge in [-0.2, -0.15) is 0 Å². The molecule has 178 valence electrons. The monoisotopic (exact) mass is 480 g/mol. The molecule has 0 amide bonds. The predicted molar refractivity (Wildman–Crippen MR) is 155 cm³/mol. The third-order valence-corrected chi connectivity index (χ3v) is 6.48. The normalized spacial score (nSPS) is 10.7. The van der Waals surface area contributed by atoms with E-state index in [0.29, 0.717) is 5.11 Å². The van der Waals surface area contributed by atoms with Crippen molar-refractivity contribution in [1.82, 2.24) is 0 Å². The summed E-state index contributed by atoms with van der Waals surface area (Å²) in [6.45, 7) is 4.37. The Morgan fingerprint density at radius 1 is 0.600 bits per heavy atom. The molecule has 0 spiro atoms. The van der Waals surface area contributed by atoms with E-state index < -0.39 is 0 Å². The van der Waals surface area contributed by atoms with E-state index in [2.05, 4.69) is 95.8 Å². The molecule has 4 aromatic rings. The maximum atomic E-state index is 5.50. The van der Waals surface area contributed by atoms with Gasteiger partial charge in [0.15, 0.2) is 5.11 Å². The first kappa shape index (κ1) is 24.3. The summed E-state index contributed by atoms with van der Waals surface area (Å²) >= 11 is 5.50. The smallest absolute Gasteiger partial charge is 0.175 e. The fourth-order valence-electron chi connectivity index (χ4n) is 4.41. The van der Waals surface area contributed by atoms with Crippen molar-refractivity contribution in [1.29, 1.82) is 0 Å². The molecule has 0 aliphatic heterocycles. The van der Waals surface area contributed by atoms with Crippen molar-refractivity contribution in [3.05, 3.63) is 119 Å². The number of nitrogens with one attached hydrogen (secondary N) is 4. The summed E-state index contributed by atoms with van der Waals surface area (Å²) in [5.74, 6) is 0.121. The Balaban J connectivity index is 1.65. The van der Waals surface area contributed by atoms with Gasteiger partial charge in [-0.3, -0.25) is 0 Å². The summed E-state index contributed by atoms with van der Waals surface area (Å²) in [6.07, 6.45) is 0. The van der Waals surface area contributed by atoms with E-state index in [1.54, 1.807) is 0 Å². The Labute approximate surface area is 213 Å². The third kappa shape index (κ3) is 5.81. The van der Waals surface area contributed by atoms with E-state index in [1.807, 2.05) is 44.4 Å². The van der Waals surface area contributed by atoms with Crippen LogP contribution in [0.4, 0.5) is 22.7 Å². The minimum atomic E-state index is 0.121. The molecule has 0 bridgehead atoms. The second-order valence-corrected chi connectivity index (χ2v) is 9.05. The molecule has 4 rings (SSSR count). The van der Waals surface area contributed by atoms with Gasteiger partial charge in [-0.25, -0.2) is 0 Å². The van der Waals surface area contributed by atoms with E-state index in [0.717, 1.165) is 22.7 Å². The summed E-state index contributed by atoms with van der Waals surface area (Å²) in [5, 5.41) is 13.6. The molecular formula is C30H32N4S. The highest BCUT2D eigenvalue weighted by molar-refractivity contribution is 7.80. The molecule has 0 heterocycles. The van der Waals surface area contributed by atoms with Crippen LogP contribution in [0.5, 0.6) is 0 Å². The van der Waals surface area contributed by atoms with Crippen molar-refractivity contribution < 1.29 is 0 Å². The fraction of sp³-hybridized carbons (Fsp3) is 0.167. The number of anilines is 4. The minimum Gasteiger partial charge on any atom is -0.388 e. The Bertz CT molecular complexity index is 1250. The zero-order chi connectivity index (χ0) is 24.8. The number of benzene rings is 4. The molecule has 0 aliphatic rings. The van der Waals surface area contributed by atoms with Crippen molar-refractivity contribution in [3.8, 4) is 0 Å². The van der Waals surface area contributed by atoms with Gasteiger partial charge in [-0.15, -0.1) is 0 Å². The lowest BCUT2D eigenvalue weighted by molar-refractivity contribution is 0.950. The van der Waals surface area contributed by atoms with E-state index in [4.69, 9.17) is 12.2 Å². The Hall–Kier alpha value is -3.83. The van der Waals surface area contributed by atoms with Gasteiger partial charge in [0, 0.05) is 42.8 Å². The standard InChI is InChI=1S/C30H32N4S/c1-20-18-25(31-3)14-16-27(20)29(28-17-15-26(32-4)19-21(28)2)22-10-12-24(13-11-22)34-30(35)33-23-8-6-5-7-9-23/h5-19,29,31-32H,1-4H3,(H2,33,34,35). The quantitative estimate of drug-likeness (QED) is 0.164. The SMILES string of the molecule is CNc1ccc(C(c2ccc(NC(=S)Nc3ccccc3)cc2)c2ccc(NC)cc2C)c(C)c1. The van der Waals surface area contributed by atoms with Crippen LogP contribution in [0.3, 0.4) is 0 Å². The highest BCUT2D eigenvalue weighted by atomic mass is 32.1.